The van der Waals surface area contributed by atoms with Gasteiger partial charge in [0.1, 0.15) is 11.6 Å². The smallest absolute Gasteiger partial charge is 0.316 e. The zero-order chi connectivity index (χ0) is 15.6. The van der Waals surface area contributed by atoms with Gasteiger partial charge in [-0.05, 0) is 30.5 Å². The lowest BCUT2D eigenvalue weighted by Crippen LogP contribution is -2.30. The second-order valence-electron chi connectivity index (χ2n) is 5.45. The molecule has 1 aromatic carbocycles. The number of carbonyl (C=O) groups excluding carboxylic acids is 2. The fraction of sp³-hybridized carbons (Fsp3) is 0.353. The Balaban J connectivity index is 2.50. The minimum Gasteiger partial charge on any atom is -0.468 e. The van der Waals surface area contributed by atoms with Gasteiger partial charge >= 0.3 is 5.97 Å². The predicted molar refractivity (Wildman–Crippen MR) is 81.2 cm³/mol. The molecule has 0 saturated carbocycles. The summed E-state index contributed by atoms with van der Waals surface area (Å²) in [4.78, 5) is 28.9. The average molecular weight is 285 g/mol. The van der Waals surface area contributed by atoms with E-state index in [-0.39, 0.29) is 11.7 Å². The number of methoxy groups -OCH3 is 1. The minimum absolute atomic E-state index is 0.140. The molecule has 1 heterocycles. The van der Waals surface area contributed by atoms with Crippen LogP contribution in [0.3, 0.4) is 0 Å². The van der Waals surface area contributed by atoms with E-state index in [1.54, 1.807) is 6.07 Å². The molecule has 1 unspecified atom stereocenters. The minimum atomic E-state index is -0.817. The molecule has 0 saturated heterocycles. The lowest BCUT2D eigenvalue weighted by Gasteiger charge is -2.17. The molecule has 0 N–H and O–H groups in total. The summed E-state index contributed by atoms with van der Waals surface area (Å²) in [6.45, 7) is 5.59. The molecule has 0 radical (unpaired) electrons. The fourth-order valence-electron chi connectivity index (χ4n) is 2.44. The van der Waals surface area contributed by atoms with Gasteiger partial charge in [0.2, 0.25) is 0 Å². The molecule has 0 amide bonds. The Hall–Kier alpha value is -2.23. The Kier molecular flexibility index (Phi) is 4.36. The van der Waals surface area contributed by atoms with E-state index in [2.05, 4.69) is 4.98 Å². The SMILES string of the molecule is COC(=O)C(C(=O)c1cc(C)c2ccccc2n1)C(C)C. The van der Waals surface area contributed by atoms with Crippen LogP contribution in [0.25, 0.3) is 10.9 Å². The van der Waals surface area contributed by atoms with Crippen molar-refractivity contribution >= 4 is 22.7 Å². The number of esters is 1. The largest absolute Gasteiger partial charge is 0.468 e. The van der Waals surface area contributed by atoms with Gasteiger partial charge in [-0.3, -0.25) is 9.59 Å². The molecule has 0 spiro atoms. The van der Waals surface area contributed by atoms with Crippen LogP contribution in [0.15, 0.2) is 30.3 Å². The molecule has 2 aromatic rings. The van der Waals surface area contributed by atoms with Crippen LogP contribution in [0.5, 0.6) is 0 Å². The number of para-hydroxylation sites is 1. The van der Waals surface area contributed by atoms with Crippen molar-refractivity contribution in [1.29, 1.82) is 0 Å². The Bertz CT molecular complexity index is 691. The van der Waals surface area contributed by atoms with Crippen molar-refractivity contribution in [2.24, 2.45) is 11.8 Å². The topological polar surface area (TPSA) is 56.3 Å². The number of aryl methyl sites for hydroxylation is 1. The van der Waals surface area contributed by atoms with E-state index in [1.165, 1.54) is 7.11 Å². The molecule has 0 bridgehead atoms. The lowest BCUT2D eigenvalue weighted by atomic mass is 9.89. The standard InChI is InChI=1S/C17H19NO3/c1-10(2)15(17(20)21-4)16(19)14-9-11(3)12-7-5-6-8-13(12)18-14/h5-10,15H,1-4H3. The van der Waals surface area contributed by atoms with Gasteiger partial charge in [-0.2, -0.15) is 0 Å². The Morgan fingerprint density at radius 1 is 1.19 bits per heavy atom. The van der Waals surface area contributed by atoms with E-state index < -0.39 is 11.9 Å². The summed E-state index contributed by atoms with van der Waals surface area (Å²) in [7, 11) is 1.30. The highest BCUT2D eigenvalue weighted by Crippen LogP contribution is 2.22. The summed E-state index contributed by atoms with van der Waals surface area (Å²) in [5.41, 5.74) is 2.04. The third-order valence-corrected chi connectivity index (χ3v) is 3.58. The average Bonchev–Trinajstić information content (AvgIpc) is 2.46. The molecule has 2 rings (SSSR count). The molecule has 0 aliphatic rings. The Morgan fingerprint density at radius 2 is 1.86 bits per heavy atom. The van der Waals surface area contributed by atoms with Crippen LogP contribution in [0, 0.1) is 18.8 Å². The Labute approximate surface area is 124 Å². The first-order valence-electron chi connectivity index (χ1n) is 6.94. The van der Waals surface area contributed by atoms with Crippen molar-refractivity contribution in [2.45, 2.75) is 20.8 Å². The summed E-state index contributed by atoms with van der Waals surface area (Å²) >= 11 is 0. The maximum absolute atomic E-state index is 12.6. The number of ketones is 1. The highest BCUT2D eigenvalue weighted by molar-refractivity contribution is 6.08. The molecule has 1 aromatic heterocycles. The zero-order valence-electron chi connectivity index (χ0n) is 12.7. The molecular weight excluding hydrogens is 266 g/mol. The van der Waals surface area contributed by atoms with Gasteiger partial charge in [0.15, 0.2) is 5.78 Å². The summed E-state index contributed by atoms with van der Waals surface area (Å²) in [5, 5.41) is 1.01. The van der Waals surface area contributed by atoms with Crippen molar-refractivity contribution in [2.75, 3.05) is 7.11 Å². The van der Waals surface area contributed by atoms with E-state index in [0.29, 0.717) is 5.69 Å². The number of hydrogen-bond acceptors (Lipinski definition) is 4. The van der Waals surface area contributed by atoms with Crippen LogP contribution in [-0.2, 0) is 9.53 Å². The third kappa shape index (κ3) is 2.94. The molecule has 0 aliphatic carbocycles. The normalized spacial score (nSPS) is 12.4. The number of rotatable bonds is 4. The molecule has 4 nitrogen and oxygen atoms in total. The van der Waals surface area contributed by atoms with E-state index in [9.17, 15) is 9.59 Å². The molecule has 21 heavy (non-hydrogen) atoms. The number of aromatic nitrogens is 1. The highest BCUT2D eigenvalue weighted by atomic mass is 16.5. The van der Waals surface area contributed by atoms with Crippen molar-refractivity contribution in [3.8, 4) is 0 Å². The number of Topliss-reactive ketones (excluding diaryl/α,β-unsaturated/α-hetero) is 1. The lowest BCUT2D eigenvalue weighted by molar-refractivity contribution is -0.144. The van der Waals surface area contributed by atoms with Crippen molar-refractivity contribution in [3.63, 3.8) is 0 Å². The van der Waals surface area contributed by atoms with Crippen LogP contribution >= 0.6 is 0 Å². The van der Waals surface area contributed by atoms with Crippen LogP contribution in [0.2, 0.25) is 0 Å². The van der Waals surface area contributed by atoms with Gasteiger partial charge in [-0.1, -0.05) is 32.0 Å². The number of hydrogen-bond donors (Lipinski definition) is 0. The van der Waals surface area contributed by atoms with Gasteiger partial charge < -0.3 is 4.74 Å². The van der Waals surface area contributed by atoms with Crippen molar-refractivity contribution < 1.29 is 14.3 Å². The molecule has 0 aliphatic heterocycles. The van der Waals surface area contributed by atoms with Crippen LogP contribution in [0.4, 0.5) is 0 Å². The van der Waals surface area contributed by atoms with Crippen molar-refractivity contribution in [1.82, 2.24) is 4.98 Å². The monoisotopic (exact) mass is 285 g/mol. The van der Waals surface area contributed by atoms with Crippen LogP contribution < -0.4 is 0 Å². The number of pyridine rings is 1. The molecule has 1 atom stereocenters. The molecule has 110 valence electrons. The quantitative estimate of drug-likeness (QED) is 0.492. The van der Waals surface area contributed by atoms with E-state index in [0.717, 1.165) is 16.5 Å². The maximum atomic E-state index is 12.6. The Morgan fingerprint density at radius 3 is 2.48 bits per heavy atom. The van der Waals surface area contributed by atoms with Gasteiger partial charge in [-0.15, -0.1) is 0 Å². The molecule has 4 heteroatoms. The number of carbonyl (C=O) groups is 2. The highest BCUT2D eigenvalue weighted by Gasteiger charge is 2.32. The summed E-state index contributed by atoms with van der Waals surface area (Å²) in [6.07, 6.45) is 0. The first-order valence-corrected chi connectivity index (χ1v) is 6.94. The number of fused-ring (bicyclic) bond motifs is 1. The molecular formula is C17H19NO3. The van der Waals surface area contributed by atoms with Crippen LogP contribution in [0.1, 0.15) is 29.9 Å². The summed E-state index contributed by atoms with van der Waals surface area (Å²) in [6, 6.07) is 9.38. The van der Waals surface area contributed by atoms with E-state index in [4.69, 9.17) is 4.74 Å². The summed E-state index contributed by atoms with van der Waals surface area (Å²) < 4.78 is 4.75. The van der Waals surface area contributed by atoms with Gasteiger partial charge in [0.05, 0.1) is 12.6 Å². The van der Waals surface area contributed by atoms with Gasteiger partial charge in [0, 0.05) is 5.39 Å². The summed E-state index contributed by atoms with van der Waals surface area (Å²) in [5.74, 6) is -1.75. The number of nitrogens with zero attached hydrogens (tertiary/aromatic N) is 1. The number of benzene rings is 1. The second-order valence-corrected chi connectivity index (χ2v) is 5.45. The third-order valence-electron chi connectivity index (χ3n) is 3.58. The predicted octanol–water partition coefficient (Wildman–Crippen LogP) is 3.17. The van der Waals surface area contributed by atoms with E-state index in [1.807, 2.05) is 45.0 Å². The fourth-order valence-corrected chi connectivity index (χ4v) is 2.44. The van der Waals surface area contributed by atoms with E-state index >= 15 is 0 Å². The maximum Gasteiger partial charge on any atom is 0.316 e. The van der Waals surface area contributed by atoms with Gasteiger partial charge in [0.25, 0.3) is 0 Å². The molecule has 0 fully saturated rings. The zero-order valence-corrected chi connectivity index (χ0v) is 12.7. The number of ether oxygens (including phenoxy) is 1. The van der Waals surface area contributed by atoms with Crippen LogP contribution in [-0.4, -0.2) is 23.8 Å². The first-order chi connectivity index (χ1) is 9.95. The first kappa shape index (κ1) is 15.2. The second kappa shape index (κ2) is 6.04. The van der Waals surface area contributed by atoms with Gasteiger partial charge in [-0.25, -0.2) is 4.98 Å². The van der Waals surface area contributed by atoms with Crippen molar-refractivity contribution in [3.05, 3.63) is 41.6 Å².